The van der Waals surface area contributed by atoms with Crippen LogP contribution < -0.4 is 0 Å². The number of rotatable bonds is 4. The summed E-state index contributed by atoms with van der Waals surface area (Å²) >= 11 is 0. The molecule has 0 bridgehead atoms. The SMILES string of the molecule is CC(=O)C[C@H]1c2cc(C(F)(F)F)ccc2S(=O)(=O)N1Cc1ccccc1. The number of nitrogens with zero attached hydrogens (tertiary/aromatic N) is 1. The van der Waals surface area contributed by atoms with Crippen LogP contribution in [-0.4, -0.2) is 18.5 Å². The lowest BCUT2D eigenvalue weighted by Crippen LogP contribution is -2.29. The number of fused-ring (bicyclic) bond motifs is 1. The fraction of sp³-hybridized carbons (Fsp3) is 0.278. The molecule has 0 unspecified atom stereocenters. The summed E-state index contributed by atoms with van der Waals surface area (Å²) in [6.07, 6.45) is -4.77. The van der Waals surface area contributed by atoms with E-state index in [9.17, 15) is 26.4 Å². The summed E-state index contributed by atoms with van der Waals surface area (Å²) in [6, 6.07) is 10.3. The zero-order chi connectivity index (χ0) is 19.1. The molecule has 0 aromatic heterocycles. The van der Waals surface area contributed by atoms with Crippen LogP contribution in [0.5, 0.6) is 0 Å². The number of alkyl halides is 3. The van der Waals surface area contributed by atoms with E-state index < -0.39 is 27.8 Å². The van der Waals surface area contributed by atoms with Crippen molar-refractivity contribution in [2.75, 3.05) is 0 Å². The molecule has 0 saturated heterocycles. The maximum atomic E-state index is 13.1. The van der Waals surface area contributed by atoms with Crippen molar-refractivity contribution in [1.82, 2.24) is 4.31 Å². The summed E-state index contributed by atoms with van der Waals surface area (Å²) in [5.41, 5.74) is -0.221. The van der Waals surface area contributed by atoms with Crippen LogP contribution >= 0.6 is 0 Å². The van der Waals surface area contributed by atoms with E-state index >= 15 is 0 Å². The molecule has 3 rings (SSSR count). The Kier molecular flexibility index (Phi) is 4.66. The number of carbonyl (C=O) groups is 1. The van der Waals surface area contributed by atoms with Crippen molar-refractivity contribution in [3.63, 3.8) is 0 Å². The lowest BCUT2D eigenvalue weighted by Gasteiger charge is -2.23. The Hall–Kier alpha value is -2.19. The highest BCUT2D eigenvalue weighted by atomic mass is 32.2. The molecule has 138 valence electrons. The van der Waals surface area contributed by atoms with E-state index in [4.69, 9.17) is 0 Å². The van der Waals surface area contributed by atoms with Crippen LogP contribution in [0.15, 0.2) is 53.4 Å². The van der Waals surface area contributed by atoms with Gasteiger partial charge in [0.2, 0.25) is 10.0 Å². The Labute approximate surface area is 149 Å². The summed E-state index contributed by atoms with van der Waals surface area (Å²) in [6.45, 7) is 1.27. The van der Waals surface area contributed by atoms with Crippen molar-refractivity contribution >= 4 is 15.8 Å². The van der Waals surface area contributed by atoms with Gasteiger partial charge in [0.25, 0.3) is 0 Å². The molecule has 0 saturated carbocycles. The van der Waals surface area contributed by atoms with Crippen LogP contribution in [0.3, 0.4) is 0 Å². The number of Topliss-reactive ketones (excluding diaryl/α,β-unsaturated/α-hetero) is 1. The molecule has 1 aliphatic heterocycles. The third-order valence-electron chi connectivity index (χ3n) is 4.29. The summed E-state index contributed by atoms with van der Waals surface area (Å²) in [5, 5.41) is 0. The van der Waals surface area contributed by atoms with E-state index in [1.54, 1.807) is 30.3 Å². The number of ketones is 1. The van der Waals surface area contributed by atoms with Crippen LogP contribution in [0.4, 0.5) is 13.2 Å². The molecule has 1 heterocycles. The highest BCUT2D eigenvalue weighted by molar-refractivity contribution is 7.89. The van der Waals surface area contributed by atoms with E-state index in [1.807, 2.05) is 0 Å². The van der Waals surface area contributed by atoms with Gasteiger partial charge in [-0.2, -0.15) is 17.5 Å². The molecule has 1 aliphatic rings. The number of hydrogen-bond donors (Lipinski definition) is 0. The predicted octanol–water partition coefficient (Wildman–Crippen LogP) is 3.93. The average Bonchev–Trinajstić information content (AvgIpc) is 2.76. The van der Waals surface area contributed by atoms with E-state index in [0.717, 1.165) is 22.5 Å². The first-order valence-electron chi connectivity index (χ1n) is 7.87. The largest absolute Gasteiger partial charge is 0.416 e. The third kappa shape index (κ3) is 3.39. The zero-order valence-corrected chi connectivity index (χ0v) is 14.6. The van der Waals surface area contributed by atoms with Gasteiger partial charge in [0.15, 0.2) is 0 Å². The van der Waals surface area contributed by atoms with Gasteiger partial charge in [-0.3, -0.25) is 4.79 Å². The fourth-order valence-electron chi connectivity index (χ4n) is 3.11. The molecule has 4 nitrogen and oxygen atoms in total. The normalized spacial score (nSPS) is 19.3. The topological polar surface area (TPSA) is 54.5 Å². The average molecular weight is 383 g/mol. The molecule has 2 aromatic carbocycles. The van der Waals surface area contributed by atoms with Gasteiger partial charge in [-0.25, -0.2) is 8.42 Å². The van der Waals surface area contributed by atoms with Crippen LogP contribution in [0.2, 0.25) is 0 Å². The summed E-state index contributed by atoms with van der Waals surface area (Å²) < 4.78 is 66.0. The quantitative estimate of drug-likeness (QED) is 0.804. The van der Waals surface area contributed by atoms with Gasteiger partial charge in [0, 0.05) is 13.0 Å². The number of carbonyl (C=O) groups excluding carboxylic acids is 1. The number of halogens is 3. The molecule has 0 radical (unpaired) electrons. The summed E-state index contributed by atoms with van der Waals surface area (Å²) in [7, 11) is -3.99. The molecule has 26 heavy (non-hydrogen) atoms. The van der Waals surface area contributed by atoms with Crippen molar-refractivity contribution in [3.8, 4) is 0 Å². The van der Waals surface area contributed by atoms with E-state index in [1.165, 1.54) is 6.92 Å². The molecule has 1 atom stereocenters. The van der Waals surface area contributed by atoms with E-state index in [-0.39, 0.29) is 29.2 Å². The van der Waals surface area contributed by atoms with Gasteiger partial charge in [-0.15, -0.1) is 0 Å². The Morgan fingerprint density at radius 3 is 2.35 bits per heavy atom. The van der Waals surface area contributed by atoms with Gasteiger partial charge in [0.1, 0.15) is 5.78 Å². The highest BCUT2D eigenvalue weighted by Gasteiger charge is 2.44. The first-order chi connectivity index (χ1) is 12.1. The smallest absolute Gasteiger partial charge is 0.300 e. The summed E-state index contributed by atoms with van der Waals surface area (Å²) in [4.78, 5) is 11.5. The molecular formula is C18H16F3NO3S. The molecule has 0 amide bonds. The first kappa shape index (κ1) is 18.6. The molecule has 0 N–H and O–H groups in total. The zero-order valence-electron chi connectivity index (χ0n) is 13.8. The monoisotopic (exact) mass is 383 g/mol. The Bertz CT molecular complexity index is 940. The number of benzene rings is 2. The Morgan fingerprint density at radius 2 is 1.77 bits per heavy atom. The Balaban J connectivity index is 2.11. The fourth-order valence-corrected chi connectivity index (χ4v) is 4.94. The minimum atomic E-state index is -4.59. The van der Waals surface area contributed by atoms with Crippen LogP contribution in [-0.2, 0) is 27.5 Å². The molecule has 8 heteroatoms. The molecule has 0 aliphatic carbocycles. The maximum Gasteiger partial charge on any atom is 0.416 e. The summed E-state index contributed by atoms with van der Waals surface area (Å²) in [5.74, 6) is -0.298. The van der Waals surface area contributed by atoms with Crippen molar-refractivity contribution in [1.29, 1.82) is 0 Å². The van der Waals surface area contributed by atoms with Gasteiger partial charge in [-0.1, -0.05) is 30.3 Å². The maximum absolute atomic E-state index is 13.1. The predicted molar refractivity (Wildman–Crippen MR) is 88.7 cm³/mol. The van der Waals surface area contributed by atoms with Gasteiger partial charge >= 0.3 is 6.18 Å². The molecular weight excluding hydrogens is 367 g/mol. The second-order valence-electron chi connectivity index (χ2n) is 6.21. The van der Waals surface area contributed by atoms with Crippen LogP contribution in [0.25, 0.3) is 0 Å². The van der Waals surface area contributed by atoms with E-state index in [2.05, 4.69) is 0 Å². The molecule has 2 aromatic rings. The minimum Gasteiger partial charge on any atom is -0.300 e. The lowest BCUT2D eigenvalue weighted by atomic mass is 9.99. The van der Waals surface area contributed by atoms with Crippen molar-refractivity contribution in [3.05, 3.63) is 65.2 Å². The van der Waals surface area contributed by atoms with Gasteiger partial charge in [-0.05, 0) is 36.2 Å². The first-order valence-corrected chi connectivity index (χ1v) is 9.31. The highest BCUT2D eigenvalue weighted by Crippen LogP contribution is 2.44. The van der Waals surface area contributed by atoms with Crippen molar-refractivity contribution < 1.29 is 26.4 Å². The van der Waals surface area contributed by atoms with E-state index in [0.29, 0.717) is 5.56 Å². The van der Waals surface area contributed by atoms with Crippen LogP contribution in [0.1, 0.15) is 36.1 Å². The number of hydrogen-bond acceptors (Lipinski definition) is 3. The van der Waals surface area contributed by atoms with Crippen molar-refractivity contribution in [2.24, 2.45) is 0 Å². The van der Waals surface area contributed by atoms with Crippen LogP contribution in [0, 0.1) is 0 Å². The number of sulfonamides is 1. The lowest BCUT2D eigenvalue weighted by molar-refractivity contribution is -0.137. The molecule has 0 spiro atoms. The second-order valence-corrected chi connectivity index (χ2v) is 8.07. The Morgan fingerprint density at radius 1 is 1.12 bits per heavy atom. The third-order valence-corrected chi connectivity index (χ3v) is 6.22. The van der Waals surface area contributed by atoms with Gasteiger partial charge in [0.05, 0.1) is 16.5 Å². The molecule has 0 fully saturated rings. The van der Waals surface area contributed by atoms with Gasteiger partial charge < -0.3 is 0 Å². The second kappa shape index (κ2) is 6.51. The standard InChI is InChI=1S/C18H16F3NO3S/c1-12(23)9-16-15-10-14(18(19,20)21)7-8-17(15)26(24,25)22(16)11-13-5-3-2-4-6-13/h2-8,10,16H,9,11H2,1H3/t16-/m0/s1. The minimum absolute atomic E-state index is 0.0167. The van der Waals surface area contributed by atoms with Crippen molar-refractivity contribution in [2.45, 2.75) is 37.0 Å².